The molecule has 4 rings (SSSR count). The molecule has 1 atom stereocenters. The van der Waals surface area contributed by atoms with Crippen LogP contribution in [0.5, 0.6) is 5.75 Å². The number of imidazole rings is 1. The molecule has 0 saturated carbocycles. The molecule has 1 aromatic carbocycles. The number of nitrogens with one attached hydrogen (secondary N) is 1. The van der Waals surface area contributed by atoms with Crippen molar-refractivity contribution < 1.29 is 9.30 Å². The molecule has 8 nitrogen and oxygen atoms in total. The van der Waals surface area contributed by atoms with E-state index < -0.39 is 0 Å². The van der Waals surface area contributed by atoms with Gasteiger partial charge in [0.15, 0.2) is 0 Å². The Morgan fingerprint density at radius 1 is 1.31 bits per heavy atom. The fourth-order valence-corrected chi connectivity index (χ4v) is 4.10. The predicted molar refractivity (Wildman–Crippen MR) is 112 cm³/mol. The van der Waals surface area contributed by atoms with Crippen LogP contribution in [0.15, 0.2) is 33.9 Å². The number of methoxy groups -OCH3 is 1. The first-order chi connectivity index (χ1) is 14.0. The minimum absolute atomic E-state index is 0.223. The molecule has 0 radical (unpaired) electrons. The molecule has 0 spiro atoms. The van der Waals surface area contributed by atoms with Crippen LogP contribution in [-0.2, 0) is 20.1 Å². The molecule has 0 aliphatic carbocycles. The fourth-order valence-electron chi connectivity index (χ4n) is 4.10. The summed E-state index contributed by atoms with van der Waals surface area (Å²) in [6.07, 6.45) is 1.72. The van der Waals surface area contributed by atoms with Gasteiger partial charge in [-0.25, -0.2) is 19.2 Å². The number of aryl methyl sites for hydroxylation is 1. The van der Waals surface area contributed by atoms with E-state index in [0.717, 1.165) is 43.3 Å². The lowest BCUT2D eigenvalue weighted by Crippen LogP contribution is -2.52. The molecule has 0 unspecified atom stereocenters. The number of anilines is 2. The highest BCUT2D eigenvalue weighted by Crippen LogP contribution is 2.30. The highest BCUT2D eigenvalue weighted by atomic mass is 16.5. The van der Waals surface area contributed by atoms with E-state index in [1.165, 1.54) is 4.57 Å². The van der Waals surface area contributed by atoms with Crippen molar-refractivity contribution >= 4 is 22.8 Å². The second kappa shape index (κ2) is 7.42. The summed E-state index contributed by atoms with van der Waals surface area (Å²) >= 11 is 0. The fraction of sp³-hybridized carbons (Fsp3) is 0.476. The summed E-state index contributed by atoms with van der Waals surface area (Å²) < 4.78 is 10.3. The molecule has 3 aromatic rings. The second-order valence-corrected chi connectivity index (χ2v) is 7.83. The van der Waals surface area contributed by atoms with Crippen molar-refractivity contribution in [2.45, 2.75) is 39.8 Å². The van der Waals surface area contributed by atoms with Crippen molar-refractivity contribution in [2.75, 3.05) is 18.6 Å². The summed E-state index contributed by atoms with van der Waals surface area (Å²) in [4.78, 5) is 31.6. The van der Waals surface area contributed by atoms with E-state index in [0.29, 0.717) is 23.6 Å². The zero-order chi connectivity index (χ0) is 20.7. The van der Waals surface area contributed by atoms with Gasteiger partial charge in [-0.2, -0.15) is 0 Å². The predicted octanol–water partition coefficient (Wildman–Crippen LogP) is 1.91. The van der Waals surface area contributed by atoms with Crippen molar-refractivity contribution in [1.29, 1.82) is 0 Å². The van der Waals surface area contributed by atoms with Gasteiger partial charge in [-0.3, -0.25) is 13.9 Å². The minimum atomic E-state index is -0.281. The third-order valence-electron chi connectivity index (χ3n) is 5.63. The molecule has 3 heterocycles. The normalized spacial score (nSPS) is 16.3. The largest absolute Gasteiger partial charge is 0.497 e. The van der Waals surface area contributed by atoms with E-state index in [2.05, 4.69) is 23.7 Å². The number of benzene rings is 1. The number of H-pyrrole nitrogens is 1. The molecular formula is C21H28N5O3+. The lowest BCUT2D eigenvalue weighted by atomic mass is 10.1. The van der Waals surface area contributed by atoms with Gasteiger partial charge in [0.1, 0.15) is 11.4 Å². The van der Waals surface area contributed by atoms with Gasteiger partial charge >= 0.3 is 11.6 Å². The molecular weight excluding hydrogens is 370 g/mol. The Kier molecular flexibility index (Phi) is 4.94. The van der Waals surface area contributed by atoms with Crippen LogP contribution in [0.3, 0.4) is 0 Å². The van der Waals surface area contributed by atoms with E-state index in [1.807, 2.05) is 28.8 Å². The Morgan fingerprint density at radius 2 is 2.10 bits per heavy atom. The molecule has 154 valence electrons. The Morgan fingerprint density at radius 3 is 2.83 bits per heavy atom. The number of aromatic amines is 1. The Balaban J connectivity index is 1.96. The van der Waals surface area contributed by atoms with Crippen LogP contribution < -0.4 is 25.5 Å². The zero-order valence-corrected chi connectivity index (χ0v) is 17.4. The average Bonchev–Trinajstić information content (AvgIpc) is 3.11. The van der Waals surface area contributed by atoms with E-state index in [-0.39, 0.29) is 11.2 Å². The van der Waals surface area contributed by atoms with Crippen LogP contribution in [0.25, 0.3) is 11.2 Å². The molecule has 0 amide bonds. The Labute approximate surface area is 169 Å². The number of hydrogen-bond donors (Lipinski definition) is 1. The van der Waals surface area contributed by atoms with E-state index >= 15 is 0 Å². The Bertz CT molecular complexity index is 1170. The van der Waals surface area contributed by atoms with Crippen LogP contribution in [0.2, 0.25) is 0 Å². The monoisotopic (exact) mass is 398 g/mol. The van der Waals surface area contributed by atoms with Crippen molar-refractivity contribution in [3.8, 4) is 5.75 Å². The molecule has 1 aliphatic rings. The van der Waals surface area contributed by atoms with Gasteiger partial charge in [0.05, 0.1) is 20.2 Å². The van der Waals surface area contributed by atoms with Crippen LogP contribution in [0.4, 0.5) is 11.6 Å². The van der Waals surface area contributed by atoms with Gasteiger partial charge in [-0.05, 0) is 18.6 Å². The van der Waals surface area contributed by atoms with E-state index in [1.54, 1.807) is 18.7 Å². The molecule has 1 N–H and O–H groups in total. The highest BCUT2D eigenvalue weighted by molar-refractivity contribution is 5.70. The average molecular weight is 398 g/mol. The van der Waals surface area contributed by atoms with Gasteiger partial charge in [0.25, 0.3) is 5.56 Å². The zero-order valence-electron chi connectivity index (χ0n) is 17.4. The van der Waals surface area contributed by atoms with Gasteiger partial charge in [0.2, 0.25) is 11.2 Å². The lowest BCUT2D eigenvalue weighted by molar-refractivity contribution is -0.669. The highest BCUT2D eigenvalue weighted by Gasteiger charge is 2.36. The lowest BCUT2D eigenvalue weighted by Gasteiger charge is -2.26. The second-order valence-electron chi connectivity index (χ2n) is 7.83. The first kappa shape index (κ1) is 19.3. The first-order valence-electron chi connectivity index (χ1n) is 10.1. The number of unbranched alkanes of at least 4 members (excludes halogenated alkanes) is 1. The van der Waals surface area contributed by atoms with Gasteiger partial charge < -0.3 is 4.74 Å². The maximum absolute atomic E-state index is 13.3. The summed E-state index contributed by atoms with van der Waals surface area (Å²) in [5, 5.41) is 0. The van der Waals surface area contributed by atoms with E-state index in [4.69, 9.17) is 4.74 Å². The summed E-state index contributed by atoms with van der Waals surface area (Å²) in [6.45, 7) is 6.18. The van der Waals surface area contributed by atoms with Crippen molar-refractivity contribution in [3.05, 3.63) is 45.1 Å². The molecule has 0 saturated heterocycles. The molecule has 2 aromatic heterocycles. The van der Waals surface area contributed by atoms with E-state index in [9.17, 15) is 9.59 Å². The number of hydrogen-bond acceptors (Lipinski definition) is 4. The van der Waals surface area contributed by atoms with Crippen molar-refractivity contribution in [1.82, 2.24) is 14.1 Å². The first-order valence-corrected chi connectivity index (χ1v) is 10.1. The summed E-state index contributed by atoms with van der Waals surface area (Å²) in [6, 6.07) is 7.86. The smallest absolute Gasteiger partial charge is 0.364 e. The van der Waals surface area contributed by atoms with Crippen molar-refractivity contribution in [2.24, 2.45) is 13.0 Å². The summed E-state index contributed by atoms with van der Waals surface area (Å²) in [5.74, 6) is 1.92. The molecule has 0 fully saturated rings. The molecule has 1 aliphatic heterocycles. The maximum atomic E-state index is 13.3. The number of rotatable bonds is 5. The van der Waals surface area contributed by atoms with Crippen molar-refractivity contribution in [3.63, 3.8) is 0 Å². The number of fused-ring (bicyclic) bond motifs is 3. The minimum Gasteiger partial charge on any atom is -0.497 e. The number of ether oxygens (including phenoxy) is 1. The van der Waals surface area contributed by atoms with Crippen LogP contribution in [-0.4, -0.2) is 27.8 Å². The van der Waals surface area contributed by atoms with Crippen LogP contribution >= 0.6 is 0 Å². The van der Waals surface area contributed by atoms with Gasteiger partial charge in [-0.1, -0.05) is 26.3 Å². The quantitative estimate of drug-likeness (QED) is 0.666. The molecule has 8 heteroatoms. The van der Waals surface area contributed by atoms with Gasteiger partial charge in [-0.15, -0.1) is 0 Å². The summed E-state index contributed by atoms with van der Waals surface area (Å²) in [5.41, 5.74) is 1.59. The standard InChI is InChI=1S/C21H27N5O3/c1-5-6-10-24-19(27)17-18(23(3)21(24)28)22-20-25(12-14(2)13-26(17)20)15-8-7-9-16(11-15)29-4/h7-9,11,14H,5-6,10,12-13H2,1-4H3/p+1/t14-/m1/s1. The molecule has 0 bridgehead atoms. The molecule has 29 heavy (non-hydrogen) atoms. The van der Waals surface area contributed by atoms with Crippen LogP contribution in [0, 0.1) is 5.92 Å². The number of aromatic nitrogens is 4. The Hall–Kier alpha value is -3.03. The number of nitrogens with zero attached hydrogens (tertiary/aromatic N) is 4. The summed E-state index contributed by atoms with van der Waals surface area (Å²) in [7, 11) is 3.37. The third kappa shape index (κ3) is 3.12. The van der Waals surface area contributed by atoms with Gasteiger partial charge in [0, 0.05) is 25.6 Å². The SMILES string of the molecule is CCCCn1c(=O)c2c([nH]c3[n+]2C[C@H](C)CN3c2cccc(OC)c2)n(C)c1=O. The maximum Gasteiger partial charge on any atom is 0.364 e. The topological polar surface area (TPSA) is 76.1 Å². The van der Waals surface area contributed by atoms with Crippen LogP contribution in [0.1, 0.15) is 26.7 Å². The third-order valence-corrected chi connectivity index (χ3v) is 5.63.